The van der Waals surface area contributed by atoms with Crippen LogP contribution in [-0.4, -0.2) is 38.7 Å². The van der Waals surface area contributed by atoms with Gasteiger partial charge in [-0.15, -0.1) is 0 Å². The molecule has 0 spiro atoms. The Bertz CT molecular complexity index is 855. The number of hydrogen-bond acceptors (Lipinski definition) is 6. The Hall–Kier alpha value is -3.26. The van der Waals surface area contributed by atoms with Gasteiger partial charge in [0, 0.05) is 0 Å². The summed E-state index contributed by atoms with van der Waals surface area (Å²) in [7, 11) is 3.09. The van der Waals surface area contributed by atoms with Gasteiger partial charge in [0.15, 0.2) is 17.6 Å². The Morgan fingerprint density at radius 3 is 2.63 bits per heavy atom. The van der Waals surface area contributed by atoms with Crippen molar-refractivity contribution >= 4 is 17.5 Å². The van der Waals surface area contributed by atoms with E-state index in [0.29, 0.717) is 22.9 Å². The van der Waals surface area contributed by atoms with E-state index in [4.69, 9.17) is 20.1 Å². The van der Waals surface area contributed by atoms with Crippen LogP contribution in [0.25, 0.3) is 0 Å². The Labute approximate surface area is 156 Å². The molecule has 0 aliphatic carbocycles. The number of fused-ring (bicyclic) bond motifs is 1. The van der Waals surface area contributed by atoms with Gasteiger partial charge in [0.05, 0.1) is 32.9 Å². The fourth-order valence-electron chi connectivity index (χ4n) is 2.96. The summed E-state index contributed by atoms with van der Waals surface area (Å²) in [6, 6.07) is 12.4. The second kappa shape index (κ2) is 7.96. The first-order valence-corrected chi connectivity index (χ1v) is 8.34. The molecule has 8 heteroatoms. The highest BCUT2D eigenvalue weighted by molar-refractivity contribution is 5.98. The number of hydrazine groups is 1. The molecule has 0 radical (unpaired) electrons. The highest BCUT2D eigenvalue weighted by atomic mass is 16.5. The normalized spacial score (nSPS) is 15.4. The first-order valence-electron chi connectivity index (χ1n) is 8.34. The second-order valence-electron chi connectivity index (χ2n) is 5.95. The summed E-state index contributed by atoms with van der Waals surface area (Å²) in [6.07, 6.45) is -0.745. The van der Waals surface area contributed by atoms with Crippen molar-refractivity contribution in [3.8, 4) is 17.2 Å². The number of nitrogens with zero attached hydrogens (tertiary/aromatic N) is 1. The molecule has 3 N–H and O–H groups in total. The second-order valence-corrected chi connectivity index (χ2v) is 5.95. The molecule has 0 saturated carbocycles. The smallest absolute Gasteiger partial charge is 0.276 e. The number of amides is 2. The van der Waals surface area contributed by atoms with Crippen molar-refractivity contribution in [2.24, 2.45) is 5.84 Å². The number of anilines is 1. The zero-order chi connectivity index (χ0) is 19.4. The van der Waals surface area contributed by atoms with E-state index >= 15 is 0 Å². The van der Waals surface area contributed by atoms with Gasteiger partial charge in [-0.3, -0.25) is 15.0 Å². The summed E-state index contributed by atoms with van der Waals surface area (Å²) in [5.41, 5.74) is 3.45. The summed E-state index contributed by atoms with van der Waals surface area (Å²) in [4.78, 5) is 26.4. The van der Waals surface area contributed by atoms with E-state index in [9.17, 15) is 9.59 Å². The molecule has 0 unspecified atom stereocenters. The molecule has 1 aliphatic heterocycles. The Morgan fingerprint density at radius 2 is 1.93 bits per heavy atom. The van der Waals surface area contributed by atoms with Crippen LogP contribution in [0.1, 0.15) is 5.56 Å². The largest absolute Gasteiger partial charge is 0.493 e. The number of ether oxygens (including phenoxy) is 3. The lowest BCUT2D eigenvalue weighted by molar-refractivity contribution is -0.128. The summed E-state index contributed by atoms with van der Waals surface area (Å²) >= 11 is 0. The Kier molecular flexibility index (Phi) is 5.46. The molecular formula is C19H21N3O5. The molecule has 2 amide bonds. The molecule has 3 rings (SSSR count). The number of nitrogens with one attached hydrogen (secondary N) is 1. The van der Waals surface area contributed by atoms with Gasteiger partial charge in [0.2, 0.25) is 5.91 Å². The lowest BCUT2D eigenvalue weighted by Gasteiger charge is -2.34. The summed E-state index contributed by atoms with van der Waals surface area (Å²) < 4.78 is 16.2. The molecule has 2 aromatic carbocycles. The fourth-order valence-corrected chi connectivity index (χ4v) is 2.96. The summed E-state index contributed by atoms with van der Waals surface area (Å²) in [5, 5.41) is 0. The Balaban J connectivity index is 1.86. The maximum Gasteiger partial charge on any atom is 0.276 e. The predicted molar refractivity (Wildman–Crippen MR) is 98.8 cm³/mol. The average Bonchev–Trinajstić information content (AvgIpc) is 2.72. The number of hydrogen-bond donors (Lipinski definition) is 2. The minimum absolute atomic E-state index is 0.0756. The van der Waals surface area contributed by atoms with E-state index in [-0.39, 0.29) is 18.9 Å². The number of benzene rings is 2. The molecule has 1 heterocycles. The van der Waals surface area contributed by atoms with Gasteiger partial charge in [-0.25, -0.2) is 5.84 Å². The van der Waals surface area contributed by atoms with E-state index in [1.54, 1.807) is 43.5 Å². The molecule has 27 heavy (non-hydrogen) atoms. The van der Waals surface area contributed by atoms with Crippen LogP contribution in [0.5, 0.6) is 17.2 Å². The average molecular weight is 371 g/mol. The van der Waals surface area contributed by atoms with Crippen LogP contribution in [0.2, 0.25) is 0 Å². The number of nitrogens with two attached hydrogens (primary N) is 1. The topological polar surface area (TPSA) is 103 Å². The first kappa shape index (κ1) is 18.5. The van der Waals surface area contributed by atoms with Crippen molar-refractivity contribution in [2.75, 3.05) is 25.7 Å². The van der Waals surface area contributed by atoms with Crippen LogP contribution < -0.4 is 30.4 Å². The molecular weight excluding hydrogens is 350 g/mol. The lowest BCUT2D eigenvalue weighted by atomic mass is 10.1. The minimum Gasteiger partial charge on any atom is -0.493 e. The van der Waals surface area contributed by atoms with Gasteiger partial charge >= 0.3 is 0 Å². The van der Waals surface area contributed by atoms with Crippen LogP contribution in [0.4, 0.5) is 5.69 Å². The molecule has 1 atom stereocenters. The highest BCUT2D eigenvalue weighted by Gasteiger charge is 2.33. The summed E-state index contributed by atoms with van der Waals surface area (Å²) in [6.45, 7) is 0.0756. The van der Waals surface area contributed by atoms with Gasteiger partial charge in [0.1, 0.15) is 5.75 Å². The van der Waals surface area contributed by atoms with Crippen LogP contribution in [0, 0.1) is 0 Å². The van der Waals surface area contributed by atoms with E-state index in [2.05, 4.69) is 5.43 Å². The SMILES string of the molecule is COc1ccc(CC(=O)N2C[C@H](C(=O)NN)Oc3ccccc32)cc1OC. The number of methoxy groups -OCH3 is 2. The van der Waals surface area contributed by atoms with Gasteiger partial charge in [0.25, 0.3) is 5.91 Å². The highest BCUT2D eigenvalue weighted by Crippen LogP contribution is 2.34. The first-order chi connectivity index (χ1) is 13.1. The van der Waals surface area contributed by atoms with Crippen LogP contribution in [0.3, 0.4) is 0 Å². The van der Waals surface area contributed by atoms with Crippen molar-refractivity contribution in [1.29, 1.82) is 0 Å². The zero-order valence-electron chi connectivity index (χ0n) is 15.1. The van der Waals surface area contributed by atoms with Gasteiger partial charge < -0.3 is 19.1 Å². The van der Waals surface area contributed by atoms with Crippen LogP contribution in [0.15, 0.2) is 42.5 Å². The molecule has 0 bridgehead atoms. The molecule has 142 valence electrons. The fraction of sp³-hybridized carbons (Fsp3) is 0.263. The molecule has 1 aliphatic rings. The van der Waals surface area contributed by atoms with Crippen molar-refractivity contribution < 1.29 is 23.8 Å². The van der Waals surface area contributed by atoms with Gasteiger partial charge in [-0.05, 0) is 29.8 Å². The summed E-state index contributed by atoms with van der Waals surface area (Å²) in [5.74, 6) is 6.14. The molecule has 0 aromatic heterocycles. The molecule has 0 fully saturated rings. The van der Waals surface area contributed by atoms with E-state index in [1.165, 1.54) is 12.0 Å². The predicted octanol–water partition coefficient (Wildman–Crippen LogP) is 1.03. The van der Waals surface area contributed by atoms with Gasteiger partial charge in [-0.2, -0.15) is 0 Å². The van der Waals surface area contributed by atoms with Crippen LogP contribution in [-0.2, 0) is 16.0 Å². The van der Waals surface area contributed by atoms with Crippen LogP contribution >= 0.6 is 0 Å². The quantitative estimate of drug-likeness (QED) is 0.462. The van der Waals surface area contributed by atoms with Gasteiger partial charge in [-0.1, -0.05) is 18.2 Å². The van der Waals surface area contributed by atoms with Crippen molar-refractivity contribution in [3.05, 3.63) is 48.0 Å². The van der Waals surface area contributed by atoms with Crippen molar-refractivity contribution in [1.82, 2.24) is 5.43 Å². The van der Waals surface area contributed by atoms with E-state index in [0.717, 1.165) is 5.56 Å². The zero-order valence-corrected chi connectivity index (χ0v) is 15.1. The minimum atomic E-state index is -0.876. The Morgan fingerprint density at radius 1 is 1.19 bits per heavy atom. The van der Waals surface area contributed by atoms with Crippen molar-refractivity contribution in [2.45, 2.75) is 12.5 Å². The monoisotopic (exact) mass is 371 g/mol. The molecule has 2 aromatic rings. The standard InChI is InChI=1S/C19H21N3O5/c1-25-15-8-7-12(9-16(15)26-2)10-18(23)22-11-17(19(24)21-20)27-14-6-4-3-5-13(14)22/h3-9,17H,10-11,20H2,1-2H3,(H,21,24)/t17-/m1/s1. The van der Waals surface area contributed by atoms with E-state index < -0.39 is 12.0 Å². The number of carbonyl (C=O) groups excluding carboxylic acids is 2. The number of rotatable bonds is 5. The molecule has 0 saturated heterocycles. The third kappa shape index (κ3) is 3.80. The maximum absolute atomic E-state index is 13.0. The maximum atomic E-state index is 13.0. The third-order valence-corrected chi connectivity index (χ3v) is 4.31. The lowest BCUT2D eigenvalue weighted by Crippen LogP contribution is -2.52. The number of para-hydroxylation sites is 2. The molecule has 8 nitrogen and oxygen atoms in total. The van der Waals surface area contributed by atoms with E-state index in [1.807, 2.05) is 6.07 Å². The third-order valence-electron chi connectivity index (χ3n) is 4.31. The van der Waals surface area contributed by atoms with Crippen molar-refractivity contribution in [3.63, 3.8) is 0 Å². The number of carbonyl (C=O) groups is 2.